The minimum atomic E-state index is -0.475. The van der Waals surface area contributed by atoms with Crippen LogP contribution in [-0.2, 0) is 0 Å². The van der Waals surface area contributed by atoms with Crippen molar-refractivity contribution in [3.63, 3.8) is 0 Å². The van der Waals surface area contributed by atoms with Gasteiger partial charge in [-0.15, -0.1) is 0 Å². The first-order valence-corrected chi connectivity index (χ1v) is 6.12. The Hall–Kier alpha value is -2.40. The number of hydrogen-bond donors (Lipinski definition) is 3. The molecule has 0 fully saturated rings. The van der Waals surface area contributed by atoms with E-state index in [-0.39, 0.29) is 11.3 Å². The molecule has 0 unspecified atom stereocenters. The van der Waals surface area contributed by atoms with Gasteiger partial charge in [-0.3, -0.25) is 4.79 Å². The lowest BCUT2D eigenvalue weighted by atomic mass is 10.1. The fourth-order valence-corrected chi connectivity index (χ4v) is 1.85. The first-order valence-electron chi connectivity index (χ1n) is 5.74. The molecule has 2 rings (SSSR count). The van der Waals surface area contributed by atoms with Crippen LogP contribution in [0, 0.1) is 0 Å². The van der Waals surface area contributed by atoms with E-state index in [2.05, 4.69) is 5.32 Å². The molecule has 0 saturated carbocycles. The van der Waals surface area contributed by atoms with Gasteiger partial charge in [0.05, 0.1) is 18.4 Å². The molecule has 0 aliphatic heterocycles. The number of aromatic hydroxyl groups is 1. The van der Waals surface area contributed by atoms with Gasteiger partial charge in [-0.1, -0.05) is 11.6 Å². The van der Waals surface area contributed by atoms with Gasteiger partial charge in [0, 0.05) is 16.8 Å². The van der Waals surface area contributed by atoms with Crippen molar-refractivity contribution in [2.75, 3.05) is 18.2 Å². The van der Waals surface area contributed by atoms with Gasteiger partial charge in [0.2, 0.25) is 0 Å². The molecular formula is C14H13ClN2O3. The SMILES string of the molecule is COc1cc(NC(=O)c2cc(Cl)ccc2O)ccc1N. The lowest BCUT2D eigenvalue weighted by Gasteiger charge is -2.10. The van der Waals surface area contributed by atoms with Crippen LogP contribution in [0.2, 0.25) is 5.02 Å². The van der Waals surface area contributed by atoms with E-state index in [1.54, 1.807) is 18.2 Å². The van der Waals surface area contributed by atoms with Gasteiger partial charge < -0.3 is 20.9 Å². The molecule has 0 bridgehead atoms. The van der Waals surface area contributed by atoms with Crippen LogP contribution in [0.3, 0.4) is 0 Å². The lowest BCUT2D eigenvalue weighted by Crippen LogP contribution is -2.12. The van der Waals surface area contributed by atoms with E-state index in [4.69, 9.17) is 22.1 Å². The van der Waals surface area contributed by atoms with Crippen LogP contribution in [0.15, 0.2) is 36.4 Å². The van der Waals surface area contributed by atoms with Crippen LogP contribution in [0.5, 0.6) is 11.5 Å². The fraction of sp³-hybridized carbons (Fsp3) is 0.0714. The number of phenols is 1. The molecule has 2 aromatic rings. The summed E-state index contributed by atoms with van der Waals surface area (Å²) in [4.78, 5) is 12.1. The third-order valence-electron chi connectivity index (χ3n) is 2.69. The summed E-state index contributed by atoms with van der Waals surface area (Å²) in [6.07, 6.45) is 0. The van der Waals surface area contributed by atoms with Gasteiger partial charge in [0.15, 0.2) is 0 Å². The molecule has 0 aliphatic carbocycles. The molecule has 0 aliphatic rings. The molecule has 1 amide bonds. The Morgan fingerprint density at radius 3 is 2.75 bits per heavy atom. The van der Waals surface area contributed by atoms with E-state index in [9.17, 15) is 9.90 Å². The number of halogens is 1. The summed E-state index contributed by atoms with van der Waals surface area (Å²) in [7, 11) is 1.49. The number of nitrogen functional groups attached to an aromatic ring is 1. The molecule has 0 saturated heterocycles. The average molecular weight is 293 g/mol. The zero-order valence-electron chi connectivity index (χ0n) is 10.7. The van der Waals surface area contributed by atoms with Gasteiger partial charge in [0.25, 0.3) is 5.91 Å². The minimum Gasteiger partial charge on any atom is -0.507 e. The van der Waals surface area contributed by atoms with E-state index in [1.165, 1.54) is 25.3 Å². The van der Waals surface area contributed by atoms with E-state index in [0.717, 1.165) is 0 Å². The third kappa shape index (κ3) is 2.95. The normalized spacial score (nSPS) is 10.1. The standard InChI is InChI=1S/C14H13ClN2O3/c1-20-13-7-9(3-4-11(13)16)17-14(19)10-6-8(15)2-5-12(10)18/h2-7,18H,16H2,1H3,(H,17,19). The average Bonchev–Trinajstić information content (AvgIpc) is 2.43. The third-order valence-corrected chi connectivity index (χ3v) is 2.93. The van der Waals surface area contributed by atoms with Crippen molar-refractivity contribution in [2.45, 2.75) is 0 Å². The quantitative estimate of drug-likeness (QED) is 0.759. The zero-order valence-corrected chi connectivity index (χ0v) is 11.4. The highest BCUT2D eigenvalue weighted by atomic mass is 35.5. The van der Waals surface area contributed by atoms with Crippen LogP contribution >= 0.6 is 11.6 Å². The maximum Gasteiger partial charge on any atom is 0.259 e. The molecule has 0 spiro atoms. The first kappa shape index (κ1) is 14.0. The number of carbonyl (C=O) groups excluding carboxylic acids is 1. The predicted octanol–water partition coefficient (Wildman–Crippen LogP) is 2.89. The first-order chi connectivity index (χ1) is 9.51. The van der Waals surface area contributed by atoms with Crippen LogP contribution in [-0.4, -0.2) is 18.1 Å². The van der Waals surface area contributed by atoms with Crippen molar-refractivity contribution in [3.05, 3.63) is 47.0 Å². The predicted molar refractivity (Wildman–Crippen MR) is 78.5 cm³/mol. The van der Waals surface area contributed by atoms with Crippen molar-refractivity contribution in [2.24, 2.45) is 0 Å². The minimum absolute atomic E-state index is 0.0910. The largest absolute Gasteiger partial charge is 0.507 e. The molecule has 20 heavy (non-hydrogen) atoms. The van der Waals surface area contributed by atoms with Crippen molar-refractivity contribution in [1.82, 2.24) is 0 Å². The van der Waals surface area contributed by atoms with Crippen LogP contribution in [0.1, 0.15) is 10.4 Å². The Morgan fingerprint density at radius 1 is 1.30 bits per heavy atom. The number of methoxy groups -OCH3 is 1. The van der Waals surface area contributed by atoms with Gasteiger partial charge in [0.1, 0.15) is 11.5 Å². The highest BCUT2D eigenvalue weighted by Crippen LogP contribution is 2.27. The smallest absolute Gasteiger partial charge is 0.259 e. The van der Waals surface area contributed by atoms with Crippen molar-refractivity contribution in [3.8, 4) is 11.5 Å². The van der Waals surface area contributed by atoms with Gasteiger partial charge in [-0.25, -0.2) is 0 Å². The number of amides is 1. The Kier molecular flexibility index (Phi) is 4.00. The van der Waals surface area contributed by atoms with Crippen molar-refractivity contribution < 1.29 is 14.6 Å². The van der Waals surface area contributed by atoms with E-state index in [1.807, 2.05) is 0 Å². The van der Waals surface area contributed by atoms with E-state index < -0.39 is 5.91 Å². The van der Waals surface area contributed by atoms with E-state index in [0.29, 0.717) is 22.1 Å². The number of carbonyl (C=O) groups is 1. The number of rotatable bonds is 3. The number of anilines is 2. The summed E-state index contributed by atoms with van der Waals surface area (Å²) in [5.74, 6) is -0.163. The summed E-state index contributed by atoms with van der Waals surface area (Å²) in [6.45, 7) is 0. The summed E-state index contributed by atoms with van der Waals surface area (Å²) in [5, 5.41) is 12.7. The molecule has 2 aromatic carbocycles. The molecule has 5 nitrogen and oxygen atoms in total. The van der Waals surface area contributed by atoms with Crippen molar-refractivity contribution in [1.29, 1.82) is 0 Å². The molecule has 0 heterocycles. The molecule has 0 aromatic heterocycles. The van der Waals surface area contributed by atoms with Crippen LogP contribution in [0.25, 0.3) is 0 Å². The second-order valence-corrected chi connectivity index (χ2v) is 4.51. The lowest BCUT2D eigenvalue weighted by molar-refractivity contribution is 0.102. The molecule has 6 heteroatoms. The zero-order chi connectivity index (χ0) is 14.7. The molecule has 104 valence electrons. The maximum atomic E-state index is 12.1. The summed E-state index contributed by atoms with van der Waals surface area (Å²) in [5.41, 5.74) is 6.75. The molecule has 0 radical (unpaired) electrons. The number of nitrogens with two attached hydrogens (primary N) is 1. The second-order valence-electron chi connectivity index (χ2n) is 4.07. The number of phenolic OH excluding ortho intramolecular Hbond substituents is 1. The van der Waals surface area contributed by atoms with Crippen LogP contribution < -0.4 is 15.8 Å². The number of nitrogens with one attached hydrogen (secondary N) is 1. The van der Waals surface area contributed by atoms with Crippen molar-refractivity contribution >= 4 is 28.9 Å². The monoisotopic (exact) mass is 292 g/mol. The van der Waals surface area contributed by atoms with Gasteiger partial charge in [-0.2, -0.15) is 0 Å². The summed E-state index contributed by atoms with van der Waals surface area (Å²) < 4.78 is 5.07. The Morgan fingerprint density at radius 2 is 2.05 bits per heavy atom. The fourth-order valence-electron chi connectivity index (χ4n) is 1.68. The molecular weight excluding hydrogens is 280 g/mol. The topological polar surface area (TPSA) is 84.6 Å². The van der Waals surface area contributed by atoms with Gasteiger partial charge in [-0.05, 0) is 30.3 Å². The number of ether oxygens (including phenoxy) is 1. The maximum absolute atomic E-state index is 12.1. The Labute approximate surface area is 120 Å². The van der Waals surface area contributed by atoms with E-state index >= 15 is 0 Å². The van der Waals surface area contributed by atoms with Gasteiger partial charge >= 0.3 is 0 Å². The number of hydrogen-bond acceptors (Lipinski definition) is 4. The number of benzene rings is 2. The highest BCUT2D eigenvalue weighted by molar-refractivity contribution is 6.31. The Bertz CT molecular complexity index is 659. The summed E-state index contributed by atoms with van der Waals surface area (Å²) >= 11 is 5.80. The molecule has 4 N–H and O–H groups in total. The second kappa shape index (κ2) is 5.71. The van der Waals surface area contributed by atoms with Crippen LogP contribution in [0.4, 0.5) is 11.4 Å². The summed E-state index contributed by atoms with van der Waals surface area (Å²) in [6, 6.07) is 9.10. The Balaban J connectivity index is 2.25. The molecule has 0 atom stereocenters. The highest BCUT2D eigenvalue weighted by Gasteiger charge is 2.12.